The van der Waals surface area contributed by atoms with Crippen LogP contribution < -0.4 is 10.6 Å². The molecule has 2 N–H and O–H groups in total. The minimum atomic E-state index is 0.578. The zero-order chi connectivity index (χ0) is 17.5. The summed E-state index contributed by atoms with van der Waals surface area (Å²) in [6, 6.07) is 20.3. The first-order chi connectivity index (χ1) is 12.3. The largest absolute Gasteiger partial charge is 0.366 e. The summed E-state index contributed by atoms with van der Waals surface area (Å²) >= 11 is 0. The standard InChI is InChI=1S/C21H22N4/c1-3-14-22-20-15-19(17-11-6-5-7-12-17)24-21(25-20)23-18-13-9-8-10-16(18)4-2/h3,5-13,15H,1,4,14H2,2H3,(H2,22,23,24,25). The third kappa shape index (κ3) is 4.23. The van der Waals surface area contributed by atoms with Crippen molar-refractivity contribution in [3.8, 4) is 11.3 Å². The number of rotatable bonds is 7. The predicted octanol–water partition coefficient (Wildman–Crippen LogP) is 5.05. The molecule has 0 aliphatic heterocycles. The van der Waals surface area contributed by atoms with Crippen molar-refractivity contribution in [3.63, 3.8) is 0 Å². The molecule has 0 spiro atoms. The molecule has 4 heteroatoms. The molecule has 0 saturated heterocycles. The third-order valence-corrected chi connectivity index (χ3v) is 3.87. The number of nitrogens with one attached hydrogen (secondary N) is 2. The number of para-hydroxylation sites is 1. The highest BCUT2D eigenvalue weighted by Gasteiger charge is 2.08. The summed E-state index contributed by atoms with van der Waals surface area (Å²) < 4.78 is 0. The highest BCUT2D eigenvalue weighted by molar-refractivity contribution is 5.67. The minimum Gasteiger partial charge on any atom is -0.366 e. The van der Waals surface area contributed by atoms with Crippen LogP contribution in [0.3, 0.4) is 0 Å². The van der Waals surface area contributed by atoms with E-state index in [9.17, 15) is 0 Å². The molecule has 0 unspecified atom stereocenters. The smallest absolute Gasteiger partial charge is 0.229 e. The van der Waals surface area contributed by atoms with Gasteiger partial charge in [0.25, 0.3) is 0 Å². The molecule has 0 aliphatic carbocycles. The molecular formula is C21H22N4. The number of aromatic nitrogens is 2. The van der Waals surface area contributed by atoms with Crippen LogP contribution in [-0.4, -0.2) is 16.5 Å². The van der Waals surface area contributed by atoms with E-state index in [-0.39, 0.29) is 0 Å². The Balaban J connectivity index is 1.98. The molecule has 0 fully saturated rings. The van der Waals surface area contributed by atoms with Gasteiger partial charge in [0.1, 0.15) is 5.82 Å². The van der Waals surface area contributed by atoms with Crippen LogP contribution in [0.25, 0.3) is 11.3 Å². The molecule has 0 bridgehead atoms. The molecule has 25 heavy (non-hydrogen) atoms. The zero-order valence-electron chi connectivity index (χ0n) is 14.4. The van der Waals surface area contributed by atoms with E-state index in [0.29, 0.717) is 12.5 Å². The van der Waals surface area contributed by atoms with Gasteiger partial charge in [0.15, 0.2) is 0 Å². The molecule has 0 atom stereocenters. The van der Waals surface area contributed by atoms with E-state index in [1.807, 2.05) is 60.7 Å². The van der Waals surface area contributed by atoms with E-state index >= 15 is 0 Å². The molecule has 126 valence electrons. The maximum absolute atomic E-state index is 4.69. The zero-order valence-corrected chi connectivity index (χ0v) is 14.4. The van der Waals surface area contributed by atoms with Gasteiger partial charge in [-0.15, -0.1) is 6.58 Å². The van der Waals surface area contributed by atoms with Gasteiger partial charge in [-0.05, 0) is 18.1 Å². The van der Waals surface area contributed by atoms with Gasteiger partial charge >= 0.3 is 0 Å². The Kier molecular flexibility index (Phi) is 5.42. The van der Waals surface area contributed by atoms with Crippen molar-refractivity contribution in [3.05, 3.63) is 78.9 Å². The number of hydrogen-bond donors (Lipinski definition) is 2. The molecular weight excluding hydrogens is 308 g/mol. The number of aryl methyl sites for hydroxylation is 1. The van der Waals surface area contributed by atoms with E-state index in [1.165, 1.54) is 5.56 Å². The minimum absolute atomic E-state index is 0.578. The number of hydrogen-bond acceptors (Lipinski definition) is 4. The molecule has 4 nitrogen and oxygen atoms in total. The molecule has 3 aromatic rings. The first kappa shape index (κ1) is 16.7. The van der Waals surface area contributed by atoms with E-state index in [0.717, 1.165) is 29.2 Å². The van der Waals surface area contributed by atoms with E-state index < -0.39 is 0 Å². The molecule has 0 amide bonds. The van der Waals surface area contributed by atoms with Crippen molar-refractivity contribution < 1.29 is 0 Å². The van der Waals surface area contributed by atoms with Gasteiger partial charge in [-0.2, -0.15) is 4.98 Å². The topological polar surface area (TPSA) is 49.8 Å². The van der Waals surface area contributed by atoms with Crippen LogP contribution in [0.15, 0.2) is 73.3 Å². The Bertz CT molecular complexity index is 844. The van der Waals surface area contributed by atoms with Gasteiger partial charge in [-0.1, -0.05) is 61.5 Å². The lowest BCUT2D eigenvalue weighted by Gasteiger charge is -2.13. The van der Waals surface area contributed by atoms with E-state index in [1.54, 1.807) is 0 Å². The van der Waals surface area contributed by atoms with Crippen LogP contribution in [0, 0.1) is 0 Å². The highest BCUT2D eigenvalue weighted by Crippen LogP contribution is 2.24. The van der Waals surface area contributed by atoms with Crippen molar-refractivity contribution >= 4 is 17.5 Å². The fraction of sp³-hybridized carbons (Fsp3) is 0.143. The summed E-state index contributed by atoms with van der Waals surface area (Å²) in [6.45, 7) is 6.53. The Morgan fingerprint density at radius 2 is 1.76 bits per heavy atom. The lowest BCUT2D eigenvalue weighted by atomic mass is 10.1. The third-order valence-electron chi connectivity index (χ3n) is 3.87. The summed E-state index contributed by atoms with van der Waals surface area (Å²) in [5.41, 5.74) is 4.19. The normalized spacial score (nSPS) is 10.3. The van der Waals surface area contributed by atoms with Crippen LogP contribution in [0.4, 0.5) is 17.5 Å². The van der Waals surface area contributed by atoms with Crippen LogP contribution in [0.1, 0.15) is 12.5 Å². The lowest BCUT2D eigenvalue weighted by Crippen LogP contribution is -2.06. The first-order valence-electron chi connectivity index (χ1n) is 8.44. The second-order valence-corrected chi connectivity index (χ2v) is 5.63. The van der Waals surface area contributed by atoms with Crippen molar-refractivity contribution in [2.24, 2.45) is 0 Å². The summed E-state index contributed by atoms with van der Waals surface area (Å²) in [6.07, 6.45) is 2.76. The van der Waals surface area contributed by atoms with Gasteiger partial charge in [0.05, 0.1) is 5.69 Å². The van der Waals surface area contributed by atoms with Gasteiger partial charge in [-0.25, -0.2) is 4.98 Å². The monoisotopic (exact) mass is 330 g/mol. The predicted molar refractivity (Wildman–Crippen MR) is 105 cm³/mol. The van der Waals surface area contributed by atoms with Crippen molar-refractivity contribution in [1.82, 2.24) is 9.97 Å². The first-order valence-corrected chi connectivity index (χ1v) is 8.44. The van der Waals surface area contributed by atoms with Crippen LogP contribution in [0.5, 0.6) is 0 Å². The Hall–Kier alpha value is -3.14. The summed E-state index contributed by atoms with van der Waals surface area (Å²) in [7, 11) is 0. The quantitative estimate of drug-likeness (QED) is 0.595. The molecule has 0 saturated carbocycles. The van der Waals surface area contributed by atoms with Crippen LogP contribution in [-0.2, 0) is 6.42 Å². The molecule has 0 aliphatic rings. The average Bonchev–Trinajstić information content (AvgIpc) is 2.67. The number of anilines is 3. The maximum Gasteiger partial charge on any atom is 0.229 e. The number of benzene rings is 2. The SMILES string of the molecule is C=CCNc1cc(-c2ccccc2)nc(Nc2ccccc2CC)n1. The Labute approximate surface area is 148 Å². The maximum atomic E-state index is 4.69. The van der Waals surface area contributed by atoms with Gasteiger partial charge in [0, 0.05) is 23.9 Å². The van der Waals surface area contributed by atoms with E-state index in [4.69, 9.17) is 4.98 Å². The molecule has 2 aromatic carbocycles. The lowest BCUT2D eigenvalue weighted by molar-refractivity contribution is 1.11. The van der Waals surface area contributed by atoms with Crippen LogP contribution >= 0.6 is 0 Å². The Morgan fingerprint density at radius 3 is 2.52 bits per heavy atom. The fourth-order valence-electron chi connectivity index (χ4n) is 2.60. The van der Waals surface area contributed by atoms with Crippen molar-refractivity contribution in [2.75, 3.05) is 17.2 Å². The van der Waals surface area contributed by atoms with Gasteiger partial charge in [0.2, 0.25) is 5.95 Å². The second kappa shape index (κ2) is 8.11. The van der Waals surface area contributed by atoms with Crippen molar-refractivity contribution in [2.45, 2.75) is 13.3 Å². The summed E-state index contributed by atoms with van der Waals surface area (Å²) in [5.74, 6) is 1.35. The Morgan fingerprint density at radius 1 is 1.00 bits per heavy atom. The van der Waals surface area contributed by atoms with Crippen molar-refractivity contribution in [1.29, 1.82) is 0 Å². The van der Waals surface area contributed by atoms with E-state index in [2.05, 4.69) is 35.2 Å². The number of nitrogens with zero attached hydrogens (tertiary/aromatic N) is 2. The fourth-order valence-corrected chi connectivity index (χ4v) is 2.60. The highest BCUT2D eigenvalue weighted by atomic mass is 15.1. The second-order valence-electron chi connectivity index (χ2n) is 5.63. The molecule has 1 aromatic heterocycles. The summed E-state index contributed by atoms with van der Waals surface area (Å²) in [4.78, 5) is 9.28. The van der Waals surface area contributed by atoms with Gasteiger partial charge < -0.3 is 10.6 Å². The molecule has 1 heterocycles. The molecule has 3 rings (SSSR count). The van der Waals surface area contributed by atoms with Gasteiger partial charge in [-0.3, -0.25) is 0 Å². The molecule has 0 radical (unpaired) electrons. The summed E-state index contributed by atoms with van der Waals surface area (Å²) in [5, 5.41) is 6.61. The average molecular weight is 330 g/mol. The van der Waals surface area contributed by atoms with Crippen LogP contribution in [0.2, 0.25) is 0 Å².